The van der Waals surface area contributed by atoms with E-state index in [-0.39, 0.29) is 11.5 Å². The number of para-hydroxylation sites is 1. The molecule has 0 bridgehead atoms. The number of hydrogen-bond acceptors (Lipinski definition) is 6. The van der Waals surface area contributed by atoms with Crippen molar-refractivity contribution >= 4 is 44.1 Å². The van der Waals surface area contributed by atoms with Gasteiger partial charge in [-0.2, -0.15) is 0 Å². The number of carboxylic acids is 1. The van der Waals surface area contributed by atoms with Gasteiger partial charge in [-0.3, -0.25) is 9.52 Å². The summed E-state index contributed by atoms with van der Waals surface area (Å²) >= 11 is 0.987. The molecule has 4 rings (SSSR count). The van der Waals surface area contributed by atoms with Gasteiger partial charge < -0.3 is 14.9 Å². The molecule has 7 nitrogen and oxygen atoms in total. The minimum atomic E-state index is -3.09. The minimum Gasteiger partial charge on any atom is -0.506 e. The predicted octanol–water partition coefficient (Wildman–Crippen LogP) is 6.00. The molecule has 0 aromatic heterocycles. The number of benzene rings is 4. The third-order valence-corrected chi connectivity index (χ3v) is 7.90. The van der Waals surface area contributed by atoms with E-state index in [9.17, 15) is 14.1 Å². The molecule has 0 aliphatic carbocycles. The largest absolute Gasteiger partial charge is 0.506 e. The summed E-state index contributed by atoms with van der Waals surface area (Å²) in [5.41, 5.74) is 0.474. The zero-order valence-electron chi connectivity index (χ0n) is 18.2. The van der Waals surface area contributed by atoms with Gasteiger partial charge in [-0.05, 0) is 42.5 Å². The molecule has 34 heavy (non-hydrogen) atoms. The van der Waals surface area contributed by atoms with E-state index in [0.29, 0.717) is 37.7 Å². The molecular formula is C25H22N2O5S2. The van der Waals surface area contributed by atoms with Crippen LogP contribution in [0.5, 0.6) is 17.2 Å². The van der Waals surface area contributed by atoms with Crippen LogP contribution in [0.15, 0.2) is 99.1 Å². The van der Waals surface area contributed by atoms with Gasteiger partial charge >= 0.3 is 5.97 Å². The van der Waals surface area contributed by atoms with E-state index in [0.717, 1.165) is 11.8 Å². The lowest BCUT2D eigenvalue weighted by Crippen LogP contribution is -2.13. The number of phenolic OH excluding ortho intramolecular Hbond substituents is 1. The first-order valence-electron chi connectivity index (χ1n) is 10.2. The lowest BCUT2D eigenvalue weighted by molar-refractivity contribution is -0.133. The van der Waals surface area contributed by atoms with E-state index >= 15 is 0 Å². The van der Waals surface area contributed by atoms with Gasteiger partial charge in [0.25, 0.3) is 0 Å². The Morgan fingerprint density at radius 1 is 0.971 bits per heavy atom. The number of anilines is 1. The molecule has 0 fully saturated rings. The molecular weight excluding hydrogens is 472 g/mol. The average Bonchev–Trinajstić information content (AvgIpc) is 2.86. The van der Waals surface area contributed by atoms with Crippen LogP contribution in [0, 0.1) is 0 Å². The van der Waals surface area contributed by atoms with Crippen LogP contribution in [0.25, 0.3) is 10.8 Å². The molecule has 9 heteroatoms. The van der Waals surface area contributed by atoms with Crippen molar-refractivity contribution in [3.63, 3.8) is 0 Å². The lowest BCUT2D eigenvalue weighted by Gasteiger charge is -2.17. The maximum Gasteiger partial charge on any atom is 0.313 e. The Hall–Kier alpha value is -3.69. The van der Waals surface area contributed by atoms with Gasteiger partial charge in [0.2, 0.25) is 0 Å². The van der Waals surface area contributed by atoms with Crippen molar-refractivity contribution in [1.82, 2.24) is 0 Å². The molecule has 0 radical (unpaired) electrons. The number of phenols is 1. The van der Waals surface area contributed by atoms with Gasteiger partial charge in [0.1, 0.15) is 17.2 Å². The number of ether oxygens (including phenoxy) is 1. The molecule has 0 aliphatic heterocycles. The second-order valence-electron chi connectivity index (χ2n) is 7.20. The fourth-order valence-electron chi connectivity index (χ4n) is 3.34. The lowest BCUT2D eigenvalue weighted by atomic mass is 10.1. The first kappa shape index (κ1) is 23.5. The van der Waals surface area contributed by atoms with Crippen molar-refractivity contribution in [3.8, 4) is 17.2 Å². The normalized spacial score (nSPS) is 12.6. The monoisotopic (exact) mass is 494 g/mol. The number of carbonyl (C=O) groups is 1. The molecule has 3 N–H and O–H groups in total. The van der Waals surface area contributed by atoms with Crippen LogP contribution in [0.2, 0.25) is 0 Å². The van der Waals surface area contributed by atoms with Crippen molar-refractivity contribution < 1.29 is 24.0 Å². The highest BCUT2D eigenvalue weighted by atomic mass is 32.2. The van der Waals surface area contributed by atoms with Crippen LogP contribution < -0.4 is 9.46 Å². The van der Waals surface area contributed by atoms with Crippen LogP contribution in [0.4, 0.5) is 5.69 Å². The summed E-state index contributed by atoms with van der Waals surface area (Å²) in [6.07, 6.45) is 0. The average molecular weight is 495 g/mol. The third-order valence-electron chi connectivity index (χ3n) is 4.96. The fourth-order valence-corrected chi connectivity index (χ4v) is 5.46. The molecule has 0 spiro atoms. The van der Waals surface area contributed by atoms with E-state index in [4.69, 9.17) is 9.84 Å². The Morgan fingerprint density at radius 3 is 2.24 bits per heavy atom. The first-order valence-corrected chi connectivity index (χ1v) is 12.7. The first-order chi connectivity index (χ1) is 16.4. The Bertz CT molecular complexity index is 1450. The molecule has 174 valence electrons. The van der Waals surface area contributed by atoms with Crippen LogP contribution in [0.1, 0.15) is 0 Å². The topological polar surface area (TPSA) is 108 Å². The second kappa shape index (κ2) is 10.1. The Kier molecular flexibility index (Phi) is 6.95. The summed E-state index contributed by atoms with van der Waals surface area (Å²) < 4.78 is 26.8. The Morgan fingerprint density at radius 2 is 1.59 bits per heavy atom. The zero-order valence-corrected chi connectivity index (χ0v) is 19.8. The summed E-state index contributed by atoms with van der Waals surface area (Å²) in [5.74, 6) is 0.0420. The zero-order chi connectivity index (χ0) is 24.1. The molecule has 0 amide bonds. The number of fused-ring (bicyclic) bond motifs is 1. The molecule has 0 saturated heterocycles. The highest BCUT2D eigenvalue weighted by molar-refractivity contribution is 8.00. The van der Waals surface area contributed by atoms with Crippen molar-refractivity contribution in [2.75, 3.05) is 17.5 Å². The van der Waals surface area contributed by atoms with Gasteiger partial charge in [0, 0.05) is 17.8 Å². The SMILES string of the molecule is CN=S(=O)(Nc1cc(SCC(=O)O)c(O)c2ccccc12)c1ccc(Oc2ccccc2)cc1. The van der Waals surface area contributed by atoms with Crippen LogP contribution in [-0.4, -0.2) is 33.2 Å². The smallest absolute Gasteiger partial charge is 0.313 e. The summed E-state index contributed by atoms with van der Waals surface area (Å²) in [4.78, 5) is 11.9. The van der Waals surface area contributed by atoms with Crippen LogP contribution in [-0.2, 0) is 14.7 Å². The van der Waals surface area contributed by atoms with Gasteiger partial charge in [-0.1, -0.05) is 42.5 Å². The number of aromatic hydroxyl groups is 1. The molecule has 0 aliphatic rings. The number of rotatable bonds is 8. The molecule has 4 aromatic carbocycles. The highest BCUT2D eigenvalue weighted by Gasteiger charge is 2.18. The van der Waals surface area contributed by atoms with E-state index < -0.39 is 15.9 Å². The number of hydrogen-bond donors (Lipinski definition) is 3. The molecule has 0 heterocycles. The van der Waals surface area contributed by atoms with E-state index in [1.807, 2.05) is 30.3 Å². The van der Waals surface area contributed by atoms with Crippen molar-refractivity contribution in [3.05, 3.63) is 84.9 Å². The second-order valence-corrected chi connectivity index (χ2v) is 10.3. The quantitative estimate of drug-likeness (QED) is 0.205. The number of carboxylic acid groups (broad SMARTS) is 1. The fraction of sp³-hybridized carbons (Fsp3) is 0.0800. The number of thioether (sulfide) groups is 1. The number of nitrogens with one attached hydrogen (secondary N) is 1. The number of nitrogens with zero attached hydrogens (tertiary/aromatic N) is 1. The van der Waals surface area contributed by atoms with E-state index in [2.05, 4.69) is 9.08 Å². The van der Waals surface area contributed by atoms with Crippen molar-refractivity contribution in [1.29, 1.82) is 0 Å². The summed E-state index contributed by atoms with van der Waals surface area (Å²) in [5, 5.41) is 20.9. The minimum absolute atomic E-state index is 0.0188. The Balaban J connectivity index is 1.68. The third kappa shape index (κ3) is 5.11. The molecule has 1 atom stereocenters. The van der Waals surface area contributed by atoms with Gasteiger partial charge in [-0.25, -0.2) is 8.57 Å². The van der Waals surface area contributed by atoms with Crippen LogP contribution >= 0.6 is 11.8 Å². The van der Waals surface area contributed by atoms with Gasteiger partial charge in [0.05, 0.1) is 21.2 Å². The highest BCUT2D eigenvalue weighted by Crippen LogP contribution is 2.40. The van der Waals surface area contributed by atoms with Gasteiger partial charge in [0.15, 0.2) is 9.92 Å². The van der Waals surface area contributed by atoms with Crippen molar-refractivity contribution in [2.45, 2.75) is 9.79 Å². The maximum atomic E-state index is 13.8. The summed E-state index contributed by atoms with van der Waals surface area (Å²) in [6, 6.07) is 24.8. The summed E-state index contributed by atoms with van der Waals surface area (Å²) in [7, 11) is -1.62. The van der Waals surface area contributed by atoms with E-state index in [1.54, 1.807) is 54.6 Å². The van der Waals surface area contributed by atoms with E-state index in [1.165, 1.54) is 7.05 Å². The standard InChI is InChI=1S/C25H22N2O5S2/c1-26-34(31,19-13-11-18(12-14-19)32-17-7-3-2-4-8-17)27-22-15-23(33-16-24(28)29)25(30)21-10-6-5-9-20(21)22/h2-15,30H,16H2,1H3,(H,28,29)(H,26,27,31). The van der Waals surface area contributed by atoms with Crippen LogP contribution in [0.3, 0.4) is 0 Å². The van der Waals surface area contributed by atoms with Crippen molar-refractivity contribution in [2.24, 2.45) is 4.36 Å². The molecule has 4 aromatic rings. The Labute approximate surface area is 201 Å². The number of aliphatic carboxylic acids is 1. The molecule has 0 saturated carbocycles. The predicted molar refractivity (Wildman–Crippen MR) is 135 cm³/mol. The van der Waals surface area contributed by atoms with Gasteiger partial charge in [-0.15, -0.1) is 11.8 Å². The molecule has 1 unspecified atom stereocenters. The summed E-state index contributed by atoms with van der Waals surface area (Å²) in [6.45, 7) is 0. The maximum absolute atomic E-state index is 13.8.